The van der Waals surface area contributed by atoms with E-state index in [4.69, 9.17) is 18.0 Å². The largest absolute Gasteiger partial charge is 0.647 e. The molecule has 1 heterocycles. The molecule has 35 heavy (non-hydrogen) atoms. The molecule has 174 valence electrons. The molecule has 0 aliphatic rings. The molecular weight excluding hydrogens is 467 g/mol. The van der Waals surface area contributed by atoms with Gasteiger partial charge >= 0.3 is 7.82 Å². The number of phenols is 1. The molecule has 4 aromatic carbocycles. The Bertz CT molecular complexity index is 1520. The average Bonchev–Trinajstić information content (AvgIpc) is 2.85. The summed E-state index contributed by atoms with van der Waals surface area (Å²) in [6.45, 7) is 0. The molecule has 0 saturated heterocycles. The van der Waals surface area contributed by atoms with Gasteiger partial charge in [-0.3, -0.25) is 4.79 Å². The van der Waals surface area contributed by atoms with Crippen molar-refractivity contribution in [1.29, 1.82) is 0 Å². The maximum Gasteiger partial charge on any atom is 0.647 e. The second-order valence-electron chi connectivity index (χ2n) is 7.50. The van der Waals surface area contributed by atoms with E-state index < -0.39 is 19.0 Å². The van der Waals surface area contributed by atoms with Crippen LogP contribution in [-0.2, 0) is 4.57 Å². The first-order valence-electron chi connectivity index (χ1n) is 10.6. The Labute approximate surface area is 200 Å². The van der Waals surface area contributed by atoms with E-state index in [1.54, 1.807) is 72.8 Å². The predicted molar refractivity (Wildman–Crippen MR) is 132 cm³/mol. The standard InChI is InChI=1S/C27H19O7P/c28-23-16-22(17-26-27(23)24(29)18-25(31-26)19-10-4-1-5-11-19)34-35(30,32-20-12-6-2-7-13-20)33-21-14-8-3-9-15-21/h1-18,28H. The van der Waals surface area contributed by atoms with E-state index in [0.717, 1.165) is 6.07 Å². The normalized spacial score (nSPS) is 11.2. The first-order valence-corrected chi connectivity index (χ1v) is 12.1. The van der Waals surface area contributed by atoms with Crippen LogP contribution in [0.2, 0.25) is 0 Å². The Morgan fingerprint density at radius 3 is 1.74 bits per heavy atom. The van der Waals surface area contributed by atoms with Crippen LogP contribution in [-0.4, -0.2) is 5.11 Å². The lowest BCUT2D eigenvalue weighted by Crippen LogP contribution is -2.08. The predicted octanol–water partition coefficient (Wildman–Crippen LogP) is 6.81. The molecule has 0 atom stereocenters. The van der Waals surface area contributed by atoms with Gasteiger partial charge < -0.3 is 23.1 Å². The van der Waals surface area contributed by atoms with Gasteiger partial charge in [0, 0.05) is 23.8 Å². The molecule has 1 N–H and O–H groups in total. The highest BCUT2D eigenvalue weighted by molar-refractivity contribution is 7.49. The smallest absolute Gasteiger partial charge is 0.507 e. The van der Waals surface area contributed by atoms with Crippen molar-refractivity contribution in [1.82, 2.24) is 0 Å². The van der Waals surface area contributed by atoms with Crippen molar-refractivity contribution < 1.29 is 27.7 Å². The van der Waals surface area contributed by atoms with Crippen LogP contribution in [0.1, 0.15) is 0 Å². The van der Waals surface area contributed by atoms with Crippen LogP contribution in [0.3, 0.4) is 0 Å². The number of phosphoric ester groups is 1. The zero-order chi connectivity index (χ0) is 24.3. The number of fused-ring (bicyclic) bond motifs is 1. The van der Waals surface area contributed by atoms with E-state index in [0.29, 0.717) is 11.3 Å². The molecule has 0 fully saturated rings. The van der Waals surface area contributed by atoms with Crippen molar-refractivity contribution >= 4 is 18.8 Å². The fraction of sp³-hybridized carbons (Fsp3) is 0. The average molecular weight is 486 g/mol. The van der Waals surface area contributed by atoms with Gasteiger partial charge in [-0.1, -0.05) is 66.7 Å². The quantitative estimate of drug-likeness (QED) is 0.253. The second kappa shape index (κ2) is 9.41. The van der Waals surface area contributed by atoms with Gasteiger partial charge in [0.05, 0.1) is 0 Å². The van der Waals surface area contributed by atoms with E-state index in [9.17, 15) is 14.5 Å². The number of benzene rings is 4. The van der Waals surface area contributed by atoms with Crippen LogP contribution in [0.4, 0.5) is 0 Å². The van der Waals surface area contributed by atoms with E-state index in [2.05, 4.69) is 0 Å². The minimum atomic E-state index is -4.30. The van der Waals surface area contributed by atoms with Crippen molar-refractivity contribution in [3.05, 3.63) is 119 Å². The van der Waals surface area contributed by atoms with Gasteiger partial charge in [-0.2, -0.15) is 4.57 Å². The summed E-state index contributed by atoms with van der Waals surface area (Å²) in [5.41, 5.74) is 0.304. The second-order valence-corrected chi connectivity index (χ2v) is 8.95. The third kappa shape index (κ3) is 5.05. The van der Waals surface area contributed by atoms with Gasteiger partial charge in [0.15, 0.2) is 5.43 Å². The molecule has 1 aromatic heterocycles. The van der Waals surface area contributed by atoms with Crippen LogP contribution in [0, 0.1) is 0 Å². The molecule has 0 unspecified atom stereocenters. The zero-order valence-corrected chi connectivity index (χ0v) is 19.1. The van der Waals surface area contributed by atoms with Crippen molar-refractivity contribution in [2.45, 2.75) is 0 Å². The van der Waals surface area contributed by atoms with Gasteiger partial charge in [0.2, 0.25) is 0 Å². The monoisotopic (exact) mass is 486 g/mol. The topological polar surface area (TPSA) is 95.2 Å². The molecule has 0 saturated carbocycles. The number of phosphoric acid groups is 1. The minimum Gasteiger partial charge on any atom is -0.507 e. The Balaban J connectivity index is 1.56. The van der Waals surface area contributed by atoms with Crippen molar-refractivity contribution in [3.8, 4) is 34.3 Å². The van der Waals surface area contributed by atoms with E-state index in [1.807, 2.05) is 18.2 Å². The lowest BCUT2D eigenvalue weighted by atomic mass is 10.1. The maximum absolute atomic E-state index is 13.7. The molecular formula is C27H19O7P. The van der Waals surface area contributed by atoms with E-state index in [1.165, 1.54) is 12.1 Å². The number of rotatable bonds is 7. The summed E-state index contributed by atoms with van der Waals surface area (Å²) in [4.78, 5) is 12.7. The van der Waals surface area contributed by atoms with Crippen LogP contribution in [0.25, 0.3) is 22.3 Å². The number of para-hydroxylation sites is 2. The number of aromatic hydroxyl groups is 1. The summed E-state index contributed by atoms with van der Waals surface area (Å²) in [7, 11) is -4.30. The summed E-state index contributed by atoms with van der Waals surface area (Å²) in [6, 6.07) is 29.7. The molecule has 5 rings (SSSR count). The Morgan fingerprint density at radius 1 is 0.657 bits per heavy atom. The zero-order valence-electron chi connectivity index (χ0n) is 18.2. The fourth-order valence-corrected chi connectivity index (χ4v) is 4.68. The first kappa shape index (κ1) is 22.3. The van der Waals surface area contributed by atoms with Gasteiger partial charge in [-0.05, 0) is 24.3 Å². The van der Waals surface area contributed by atoms with Crippen molar-refractivity contribution in [3.63, 3.8) is 0 Å². The highest BCUT2D eigenvalue weighted by Gasteiger charge is 2.33. The van der Waals surface area contributed by atoms with Crippen molar-refractivity contribution in [2.24, 2.45) is 0 Å². The number of hydrogen-bond donors (Lipinski definition) is 1. The fourth-order valence-electron chi connectivity index (χ4n) is 3.45. The third-order valence-corrected chi connectivity index (χ3v) is 6.28. The number of hydrogen-bond acceptors (Lipinski definition) is 7. The summed E-state index contributed by atoms with van der Waals surface area (Å²) in [6.07, 6.45) is 0. The van der Waals surface area contributed by atoms with Gasteiger partial charge in [0.1, 0.15) is 39.7 Å². The first-order chi connectivity index (χ1) is 17.0. The van der Waals surface area contributed by atoms with Gasteiger partial charge in [0.25, 0.3) is 0 Å². The Hall–Kier alpha value is -4.48. The van der Waals surface area contributed by atoms with Crippen LogP contribution < -0.4 is 19.0 Å². The van der Waals surface area contributed by atoms with Crippen LogP contribution >= 0.6 is 7.82 Å². The van der Waals surface area contributed by atoms with E-state index in [-0.39, 0.29) is 28.2 Å². The Kier molecular flexibility index (Phi) is 6.00. The Morgan fingerprint density at radius 2 is 1.17 bits per heavy atom. The molecule has 0 radical (unpaired) electrons. The highest BCUT2D eigenvalue weighted by atomic mass is 31.2. The van der Waals surface area contributed by atoms with Gasteiger partial charge in [-0.15, -0.1) is 0 Å². The minimum absolute atomic E-state index is 0.0279. The summed E-state index contributed by atoms with van der Waals surface area (Å²) < 4.78 is 36.5. The molecule has 0 aliphatic carbocycles. The van der Waals surface area contributed by atoms with Gasteiger partial charge in [-0.25, -0.2) is 0 Å². The molecule has 0 spiro atoms. The maximum atomic E-state index is 13.7. The molecule has 8 heteroatoms. The van der Waals surface area contributed by atoms with E-state index >= 15 is 0 Å². The van der Waals surface area contributed by atoms with Crippen LogP contribution in [0.15, 0.2) is 118 Å². The molecule has 7 nitrogen and oxygen atoms in total. The molecule has 0 amide bonds. The van der Waals surface area contributed by atoms with Crippen LogP contribution in [0.5, 0.6) is 23.0 Å². The number of phenolic OH excluding ortho intramolecular Hbond substituents is 1. The summed E-state index contributed by atoms with van der Waals surface area (Å²) in [5.74, 6) is 0.364. The lowest BCUT2D eigenvalue weighted by molar-refractivity contribution is 0.298. The third-order valence-electron chi connectivity index (χ3n) is 4.98. The molecule has 0 aliphatic heterocycles. The molecule has 5 aromatic rings. The summed E-state index contributed by atoms with van der Waals surface area (Å²) >= 11 is 0. The van der Waals surface area contributed by atoms with Crippen molar-refractivity contribution in [2.75, 3.05) is 0 Å². The lowest BCUT2D eigenvalue weighted by Gasteiger charge is -2.19. The molecule has 0 bridgehead atoms. The highest BCUT2D eigenvalue weighted by Crippen LogP contribution is 2.50. The SMILES string of the molecule is O=c1cc(-c2ccccc2)oc2cc(OP(=O)(Oc3ccccc3)Oc3ccccc3)cc(O)c12. The summed E-state index contributed by atoms with van der Waals surface area (Å²) in [5, 5.41) is 10.5.